The Hall–Kier alpha value is -1.22. The predicted octanol–water partition coefficient (Wildman–Crippen LogP) is 1.61. The molecule has 0 saturated heterocycles. The summed E-state index contributed by atoms with van der Waals surface area (Å²) in [5, 5.41) is 0.0883. The topological polar surface area (TPSA) is 72.2 Å². The second-order valence-electron chi connectivity index (χ2n) is 3.59. The zero-order valence-electron chi connectivity index (χ0n) is 9.27. The molecule has 1 aromatic rings. The second kappa shape index (κ2) is 5.41. The van der Waals surface area contributed by atoms with E-state index in [9.17, 15) is 8.42 Å². The number of nitrogen functional groups attached to an aromatic ring is 1. The molecule has 0 saturated carbocycles. The Balaban J connectivity index is 3.11. The maximum atomic E-state index is 12.0. The molecule has 0 aromatic heterocycles. The van der Waals surface area contributed by atoms with Crippen molar-refractivity contribution in [3.05, 3.63) is 23.2 Å². The second-order valence-corrected chi connectivity index (χ2v) is 5.65. The van der Waals surface area contributed by atoms with Gasteiger partial charge in [-0.3, -0.25) is 0 Å². The van der Waals surface area contributed by atoms with Crippen LogP contribution in [-0.2, 0) is 10.0 Å². The lowest BCUT2D eigenvalue weighted by Gasteiger charge is -2.14. The van der Waals surface area contributed by atoms with Gasteiger partial charge in [0.2, 0.25) is 10.0 Å². The van der Waals surface area contributed by atoms with Gasteiger partial charge < -0.3 is 5.73 Å². The minimum atomic E-state index is -3.75. The molecule has 92 valence electrons. The summed E-state index contributed by atoms with van der Waals surface area (Å²) in [4.78, 5) is -0.106. The minimum absolute atomic E-state index is 0.0883. The molecule has 3 N–H and O–H groups in total. The zero-order valence-corrected chi connectivity index (χ0v) is 10.8. The molecule has 1 unspecified atom stereocenters. The van der Waals surface area contributed by atoms with Gasteiger partial charge in [0.1, 0.15) is 4.90 Å². The van der Waals surface area contributed by atoms with Crippen LogP contribution in [0, 0.1) is 12.3 Å². The number of nitrogens with two attached hydrogens (primary N) is 1. The van der Waals surface area contributed by atoms with Crippen molar-refractivity contribution in [3.8, 4) is 12.3 Å². The number of terminal acetylenes is 1. The molecule has 0 spiro atoms. The molecule has 1 atom stereocenters. The lowest BCUT2D eigenvalue weighted by Crippen LogP contribution is -2.32. The molecule has 0 amide bonds. The third-order valence-electron chi connectivity index (χ3n) is 2.05. The lowest BCUT2D eigenvalue weighted by atomic mass is 10.3. The smallest absolute Gasteiger partial charge is 0.244 e. The van der Waals surface area contributed by atoms with E-state index in [2.05, 4.69) is 10.6 Å². The Labute approximate surface area is 106 Å². The molecule has 6 heteroatoms. The maximum absolute atomic E-state index is 12.0. The summed E-state index contributed by atoms with van der Waals surface area (Å²) >= 11 is 5.84. The van der Waals surface area contributed by atoms with Gasteiger partial charge in [0.15, 0.2) is 0 Å². The van der Waals surface area contributed by atoms with Crippen molar-refractivity contribution in [2.45, 2.75) is 24.3 Å². The van der Waals surface area contributed by atoms with E-state index in [1.165, 1.54) is 12.1 Å². The fourth-order valence-corrected chi connectivity index (χ4v) is 3.27. The number of rotatable bonds is 4. The van der Waals surface area contributed by atoms with Crippen LogP contribution in [0.1, 0.15) is 13.3 Å². The Kier molecular flexibility index (Phi) is 4.40. The number of nitrogens with one attached hydrogen (secondary N) is 1. The summed E-state index contributed by atoms with van der Waals surface area (Å²) in [6, 6.07) is 4.16. The third kappa shape index (κ3) is 3.37. The monoisotopic (exact) mass is 272 g/mol. The van der Waals surface area contributed by atoms with Crippen molar-refractivity contribution in [3.63, 3.8) is 0 Å². The van der Waals surface area contributed by atoms with Gasteiger partial charge in [0.25, 0.3) is 0 Å². The molecule has 0 heterocycles. The van der Waals surface area contributed by atoms with E-state index >= 15 is 0 Å². The van der Waals surface area contributed by atoms with E-state index in [1.54, 1.807) is 13.0 Å². The average molecular weight is 273 g/mol. The summed E-state index contributed by atoms with van der Waals surface area (Å²) in [6.45, 7) is 1.67. The highest BCUT2D eigenvalue weighted by Crippen LogP contribution is 2.27. The number of sulfonamides is 1. The largest absolute Gasteiger partial charge is 0.398 e. The van der Waals surface area contributed by atoms with Crippen LogP contribution >= 0.6 is 11.6 Å². The minimum Gasteiger partial charge on any atom is -0.398 e. The highest BCUT2D eigenvalue weighted by Gasteiger charge is 2.22. The fourth-order valence-electron chi connectivity index (χ4n) is 1.35. The van der Waals surface area contributed by atoms with Crippen LogP contribution in [-0.4, -0.2) is 14.5 Å². The lowest BCUT2D eigenvalue weighted by molar-refractivity contribution is 0.564. The molecule has 0 fully saturated rings. The molecule has 0 aliphatic rings. The molecular formula is C11H13ClN2O2S. The Morgan fingerprint density at radius 3 is 2.76 bits per heavy atom. The first-order chi connectivity index (χ1) is 7.88. The number of halogens is 1. The van der Waals surface area contributed by atoms with Crippen molar-refractivity contribution >= 4 is 27.3 Å². The molecular weight excluding hydrogens is 260 g/mol. The molecule has 0 aliphatic heterocycles. The Morgan fingerprint density at radius 1 is 1.59 bits per heavy atom. The van der Waals surface area contributed by atoms with E-state index in [0.717, 1.165) is 0 Å². The van der Waals surface area contributed by atoms with E-state index in [-0.39, 0.29) is 21.6 Å². The van der Waals surface area contributed by atoms with Gasteiger partial charge in [-0.05, 0) is 19.1 Å². The highest BCUT2D eigenvalue weighted by molar-refractivity contribution is 7.89. The van der Waals surface area contributed by atoms with Gasteiger partial charge in [-0.25, -0.2) is 13.1 Å². The number of benzene rings is 1. The maximum Gasteiger partial charge on any atom is 0.244 e. The van der Waals surface area contributed by atoms with Gasteiger partial charge in [0.05, 0.1) is 10.7 Å². The van der Waals surface area contributed by atoms with Crippen LogP contribution in [0.3, 0.4) is 0 Å². The van der Waals surface area contributed by atoms with Crippen molar-refractivity contribution in [1.29, 1.82) is 0 Å². The summed E-state index contributed by atoms with van der Waals surface area (Å²) in [7, 11) is -3.75. The van der Waals surface area contributed by atoms with Gasteiger partial charge in [-0.2, -0.15) is 0 Å². The highest BCUT2D eigenvalue weighted by atomic mass is 35.5. The first-order valence-corrected chi connectivity index (χ1v) is 6.74. The van der Waals surface area contributed by atoms with E-state index in [4.69, 9.17) is 23.8 Å². The summed E-state index contributed by atoms with van der Waals surface area (Å²) in [5.41, 5.74) is 5.72. The Morgan fingerprint density at radius 2 is 2.24 bits per heavy atom. The normalized spacial score (nSPS) is 13.0. The van der Waals surface area contributed by atoms with Crippen LogP contribution in [0.5, 0.6) is 0 Å². The predicted molar refractivity (Wildman–Crippen MR) is 69.1 cm³/mol. The first-order valence-electron chi connectivity index (χ1n) is 4.88. The molecule has 0 bridgehead atoms. The number of hydrogen-bond donors (Lipinski definition) is 2. The standard InChI is InChI=1S/C11H13ClN2O2S/c1-3-5-8(2)14-17(15,16)11-9(12)6-4-7-10(11)13/h1,4,6-8,14H,5,13H2,2H3. The summed E-state index contributed by atoms with van der Waals surface area (Å²) < 4.78 is 26.5. The summed E-state index contributed by atoms with van der Waals surface area (Å²) in [6.07, 6.45) is 5.41. The fraction of sp³-hybridized carbons (Fsp3) is 0.273. The van der Waals surface area contributed by atoms with Gasteiger partial charge in [-0.1, -0.05) is 17.7 Å². The number of anilines is 1. The molecule has 0 aliphatic carbocycles. The first kappa shape index (κ1) is 13.8. The molecule has 1 aromatic carbocycles. The molecule has 0 radical (unpaired) electrons. The quantitative estimate of drug-likeness (QED) is 0.646. The SMILES string of the molecule is C#CCC(C)NS(=O)(=O)c1c(N)cccc1Cl. The van der Waals surface area contributed by atoms with Crippen LogP contribution in [0.25, 0.3) is 0 Å². The summed E-state index contributed by atoms with van der Waals surface area (Å²) in [5.74, 6) is 2.38. The number of hydrogen-bond acceptors (Lipinski definition) is 3. The van der Waals surface area contributed by atoms with E-state index in [1.807, 2.05) is 0 Å². The van der Waals surface area contributed by atoms with Crippen LogP contribution in [0.4, 0.5) is 5.69 Å². The Bertz CT molecular complexity index is 529. The zero-order chi connectivity index (χ0) is 13.1. The van der Waals surface area contributed by atoms with Crippen molar-refractivity contribution < 1.29 is 8.42 Å². The van der Waals surface area contributed by atoms with E-state index in [0.29, 0.717) is 6.42 Å². The van der Waals surface area contributed by atoms with Gasteiger partial charge in [-0.15, -0.1) is 12.3 Å². The van der Waals surface area contributed by atoms with Crippen molar-refractivity contribution in [2.75, 3.05) is 5.73 Å². The molecule has 1 rings (SSSR count). The van der Waals surface area contributed by atoms with Crippen LogP contribution < -0.4 is 10.5 Å². The van der Waals surface area contributed by atoms with Crippen LogP contribution in [0.2, 0.25) is 5.02 Å². The van der Waals surface area contributed by atoms with Crippen molar-refractivity contribution in [1.82, 2.24) is 4.72 Å². The van der Waals surface area contributed by atoms with Gasteiger partial charge in [0, 0.05) is 12.5 Å². The van der Waals surface area contributed by atoms with Crippen molar-refractivity contribution in [2.24, 2.45) is 0 Å². The van der Waals surface area contributed by atoms with E-state index < -0.39 is 10.0 Å². The molecule has 17 heavy (non-hydrogen) atoms. The molecule has 4 nitrogen and oxygen atoms in total. The van der Waals surface area contributed by atoms with Gasteiger partial charge >= 0.3 is 0 Å². The van der Waals surface area contributed by atoms with Crippen LogP contribution in [0.15, 0.2) is 23.1 Å². The average Bonchev–Trinajstić information content (AvgIpc) is 2.15. The third-order valence-corrected chi connectivity index (χ3v) is 4.18.